The van der Waals surface area contributed by atoms with Crippen LogP contribution in [0.1, 0.15) is 22.8 Å². The van der Waals surface area contributed by atoms with Crippen molar-refractivity contribution in [1.82, 2.24) is 0 Å². The summed E-state index contributed by atoms with van der Waals surface area (Å²) in [5.41, 5.74) is 2.78. The van der Waals surface area contributed by atoms with Crippen molar-refractivity contribution >= 4 is 12.0 Å². The first-order valence-corrected chi connectivity index (χ1v) is 9.85. The molecule has 5 heteroatoms. The second kappa shape index (κ2) is 11.2. The third-order valence-electron chi connectivity index (χ3n) is 4.59. The number of esters is 1. The maximum absolute atomic E-state index is 12.6. The van der Waals surface area contributed by atoms with Gasteiger partial charge in [0.05, 0.1) is 7.11 Å². The standard InChI is InChI=1S/C26H23NO4/c1-29-25-19-21(12-14-23(25)30-17-16-27)13-15-26(28)31-24(22-10-6-3-7-11-22)18-20-8-4-2-5-9-20/h2-15,19,24H,17-18H2,1H3/b15-13+/t24-/m1/s1. The number of nitrogens with zero attached hydrogens (tertiary/aromatic N) is 1. The highest BCUT2D eigenvalue weighted by Crippen LogP contribution is 2.28. The fourth-order valence-corrected chi connectivity index (χ4v) is 3.08. The van der Waals surface area contributed by atoms with Gasteiger partial charge in [-0.3, -0.25) is 0 Å². The Kier molecular flexibility index (Phi) is 7.84. The van der Waals surface area contributed by atoms with Gasteiger partial charge in [0.1, 0.15) is 12.2 Å². The van der Waals surface area contributed by atoms with Gasteiger partial charge in [-0.25, -0.2) is 4.79 Å². The Balaban J connectivity index is 1.72. The molecule has 156 valence electrons. The van der Waals surface area contributed by atoms with Crippen molar-refractivity contribution in [3.8, 4) is 17.6 Å². The van der Waals surface area contributed by atoms with Crippen LogP contribution in [-0.4, -0.2) is 19.7 Å². The Hall–Kier alpha value is -4.04. The number of methoxy groups -OCH3 is 1. The molecule has 0 heterocycles. The Morgan fingerprint density at radius 1 is 1.00 bits per heavy atom. The minimum absolute atomic E-state index is 0.0693. The summed E-state index contributed by atoms with van der Waals surface area (Å²) in [6.45, 7) is -0.0693. The molecule has 0 fully saturated rings. The molecule has 1 atom stereocenters. The molecule has 0 bridgehead atoms. The fourth-order valence-electron chi connectivity index (χ4n) is 3.08. The maximum atomic E-state index is 12.6. The second-order valence-corrected chi connectivity index (χ2v) is 6.72. The summed E-state index contributed by atoms with van der Waals surface area (Å²) >= 11 is 0. The van der Waals surface area contributed by atoms with E-state index in [0.29, 0.717) is 17.9 Å². The third-order valence-corrected chi connectivity index (χ3v) is 4.59. The van der Waals surface area contributed by atoms with E-state index in [4.69, 9.17) is 19.5 Å². The topological polar surface area (TPSA) is 68.6 Å². The zero-order chi connectivity index (χ0) is 21.9. The predicted octanol–water partition coefficient (Wildman–Crippen LogP) is 5.14. The van der Waals surface area contributed by atoms with E-state index in [0.717, 1.165) is 16.7 Å². The maximum Gasteiger partial charge on any atom is 0.331 e. The molecule has 5 nitrogen and oxygen atoms in total. The molecule has 0 aliphatic heterocycles. The molecule has 0 saturated heterocycles. The van der Waals surface area contributed by atoms with Crippen LogP contribution in [0.15, 0.2) is 84.9 Å². The summed E-state index contributed by atoms with van der Waals surface area (Å²) < 4.78 is 16.4. The van der Waals surface area contributed by atoms with E-state index in [9.17, 15) is 4.79 Å². The van der Waals surface area contributed by atoms with Crippen LogP contribution in [-0.2, 0) is 16.0 Å². The van der Waals surface area contributed by atoms with Crippen molar-refractivity contribution in [3.63, 3.8) is 0 Å². The SMILES string of the molecule is COc1cc(/C=C/C(=O)O[C@H](Cc2ccccc2)c2ccccc2)ccc1OCC#N. The fraction of sp³-hybridized carbons (Fsp3) is 0.154. The van der Waals surface area contributed by atoms with Crippen LogP contribution in [0.25, 0.3) is 6.08 Å². The molecule has 3 aromatic rings. The third kappa shape index (κ3) is 6.48. The quantitative estimate of drug-likeness (QED) is 0.359. The van der Waals surface area contributed by atoms with Crippen LogP contribution < -0.4 is 9.47 Å². The molecular formula is C26H23NO4. The normalized spacial score (nSPS) is 11.5. The van der Waals surface area contributed by atoms with E-state index in [1.807, 2.05) is 66.7 Å². The summed E-state index contributed by atoms with van der Waals surface area (Å²) in [7, 11) is 1.52. The smallest absolute Gasteiger partial charge is 0.331 e. The van der Waals surface area contributed by atoms with Gasteiger partial charge in [0, 0.05) is 12.5 Å². The van der Waals surface area contributed by atoms with E-state index in [-0.39, 0.29) is 6.61 Å². The summed E-state index contributed by atoms with van der Waals surface area (Å²) in [6, 6.07) is 26.8. The lowest BCUT2D eigenvalue weighted by molar-refractivity contribution is -0.143. The summed E-state index contributed by atoms with van der Waals surface area (Å²) in [5.74, 6) is 0.515. The number of carbonyl (C=O) groups is 1. The minimum atomic E-state index is -0.437. The molecule has 31 heavy (non-hydrogen) atoms. The zero-order valence-electron chi connectivity index (χ0n) is 17.2. The van der Waals surface area contributed by atoms with Crippen LogP contribution in [0, 0.1) is 11.3 Å². The molecular weight excluding hydrogens is 390 g/mol. The molecule has 0 N–H and O–H groups in total. The van der Waals surface area contributed by atoms with Crippen molar-refractivity contribution in [1.29, 1.82) is 5.26 Å². The van der Waals surface area contributed by atoms with Crippen molar-refractivity contribution in [2.75, 3.05) is 13.7 Å². The number of rotatable bonds is 9. The average molecular weight is 413 g/mol. The molecule has 0 aliphatic carbocycles. The molecule has 0 spiro atoms. The Bertz CT molecular complexity index is 1060. The number of carbonyl (C=O) groups excluding carboxylic acids is 1. The molecule has 0 amide bonds. The largest absolute Gasteiger partial charge is 0.493 e. The Labute approximate surface area is 182 Å². The van der Waals surface area contributed by atoms with Gasteiger partial charge in [-0.2, -0.15) is 5.26 Å². The highest BCUT2D eigenvalue weighted by molar-refractivity contribution is 5.87. The lowest BCUT2D eigenvalue weighted by atomic mass is 10.0. The number of nitriles is 1. The second-order valence-electron chi connectivity index (χ2n) is 6.72. The summed E-state index contributed by atoms with van der Waals surface area (Å²) in [4.78, 5) is 12.6. The molecule has 3 rings (SSSR count). The molecule has 0 saturated carbocycles. The predicted molar refractivity (Wildman–Crippen MR) is 119 cm³/mol. The van der Waals surface area contributed by atoms with Gasteiger partial charge in [0.2, 0.25) is 0 Å². The summed E-state index contributed by atoms with van der Waals surface area (Å²) in [5, 5.41) is 8.66. The molecule has 0 aromatic heterocycles. The monoisotopic (exact) mass is 413 g/mol. The van der Waals surface area contributed by atoms with Gasteiger partial charge < -0.3 is 14.2 Å². The van der Waals surface area contributed by atoms with Crippen molar-refractivity contribution in [2.24, 2.45) is 0 Å². The highest BCUT2D eigenvalue weighted by Gasteiger charge is 2.16. The van der Waals surface area contributed by atoms with Crippen molar-refractivity contribution in [3.05, 3.63) is 102 Å². The van der Waals surface area contributed by atoms with Crippen LogP contribution in [0.3, 0.4) is 0 Å². The van der Waals surface area contributed by atoms with Crippen LogP contribution in [0.2, 0.25) is 0 Å². The molecule has 3 aromatic carbocycles. The first-order valence-electron chi connectivity index (χ1n) is 9.85. The van der Waals surface area contributed by atoms with Gasteiger partial charge in [0.15, 0.2) is 18.1 Å². The number of hydrogen-bond acceptors (Lipinski definition) is 5. The van der Waals surface area contributed by atoms with E-state index >= 15 is 0 Å². The van der Waals surface area contributed by atoms with Gasteiger partial charge in [-0.05, 0) is 34.9 Å². The molecule has 0 aliphatic rings. The first-order chi connectivity index (χ1) is 15.2. The van der Waals surface area contributed by atoms with E-state index in [1.54, 1.807) is 24.3 Å². The van der Waals surface area contributed by atoms with E-state index < -0.39 is 12.1 Å². The Morgan fingerprint density at radius 2 is 1.71 bits per heavy atom. The molecule has 0 unspecified atom stereocenters. The molecule has 0 radical (unpaired) electrons. The lowest BCUT2D eigenvalue weighted by Gasteiger charge is -2.17. The van der Waals surface area contributed by atoms with Gasteiger partial charge in [-0.1, -0.05) is 66.7 Å². The van der Waals surface area contributed by atoms with Gasteiger partial charge in [-0.15, -0.1) is 0 Å². The van der Waals surface area contributed by atoms with E-state index in [2.05, 4.69) is 0 Å². The average Bonchev–Trinajstić information content (AvgIpc) is 2.82. The first kappa shape index (κ1) is 21.7. The number of benzene rings is 3. The number of hydrogen-bond donors (Lipinski definition) is 0. The Morgan fingerprint density at radius 3 is 2.39 bits per heavy atom. The van der Waals surface area contributed by atoms with Gasteiger partial charge in [0.25, 0.3) is 0 Å². The van der Waals surface area contributed by atoms with E-state index in [1.165, 1.54) is 13.2 Å². The highest BCUT2D eigenvalue weighted by atomic mass is 16.5. The van der Waals surface area contributed by atoms with Crippen LogP contribution in [0.5, 0.6) is 11.5 Å². The van der Waals surface area contributed by atoms with Gasteiger partial charge >= 0.3 is 5.97 Å². The van der Waals surface area contributed by atoms with Crippen molar-refractivity contribution in [2.45, 2.75) is 12.5 Å². The van der Waals surface area contributed by atoms with Crippen LogP contribution >= 0.6 is 0 Å². The number of ether oxygens (including phenoxy) is 3. The van der Waals surface area contributed by atoms with Crippen molar-refractivity contribution < 1.29 is 19.0 Å². The zero-order valence-corrected chi connectivity index (χ0v) is 17.2. The minimum Gasteiger partial charge on any atom is -0.493 e. The van der Waals surface area contributed by atoms with Crippen LogP contribution in [0.4, 0.5) is 0 Å². The summed E-state index contributed by atoms with van der Waals surface area (Å²) in [6.07, 6.45) is 3.25. The lowest BCUT2D eigenvalue weighted by Crippen LogP contribution is -2.12.